The molecule has 0 saturated carbocycles. The van der Waals surface area contributed by atoms with Crippen molar-refractivity contribution in [1.29, 1.82) is 0 Å². The lowest BCUT2D eigenvalue weighted by molar-refractivity contribution is 0.201. The Morgan fingerprint density at radius 3 is 2.43 bits per heavy atom. The molecular weight excluding hydrogens is 330 g/mol. The average molecular weight is 358 g/mol. The summed E-state index contributed by atoms with van der Waals surface area (Å²) in [6.45, 7) is 14.1. The zero-order valence-corrected chi connectivity index (χ0v) is 15.6. The first-order chi connectivity index (χ1) is 9.76. The molecule has 0 saturated heterocycles. The van der Waals surface area contributed by atoms with E-state index in [1.807, 2.05) is 6.92 Å². The highest BCUT2D eigenvalue weighted by Crippen LogP contribution is 2.38. The van der Waals surface area contributed by atoms with Gasteiger partial charge in [0, 0.05) is 12.1 Å². The third kappa shape index (κ3) is 6.27. The Hall–Kier alpha value is -0.740. The monoisotopic (exact) mass is 357 g/mol. The van der Waals surface area contributed by atoms with Gasteiger partial charge in [-0.1, -0.05) is 6.92 Å². The molecule has 1 unspecified atom stereocenters. The molecule has 1 rings (SSSR count). The summed E-state index contributed by atoms with van der Waals surface area (Å²) < 4.78 is 12.7. The molecule has 0 aliphatic heterocycles. The Balaban J connectivity index is 3.00. The first-order valence-electron chi connectivity index (χ1n) is 7.63. The van der Waals surface area contributed by atoms with Gasteiger partial charge in [0.2, 0.25) is 0 Å². The summed E-state index contributed by atoms with van der Waals surface area (Å²) in [6, 6.07) is 4.16. The van der Waals surface area contributed by atoms with E-state index < -0.39 is 0 Å². The predicted molar refractivity (Wildman–Crippen MR) is 92.3 cm³/mol. The van der Waals surface area contributed by atoms with Crippen molar-refractivity contribution in [3.63, 3.8) is 0 Å². The third-order valence-electron chi connectivity index (χ3n) is 3.09. The Kier molecular flexibility index (Phi) is 7.01. The van der Waals surface area contributed by atoms with Crippen LogP contribution in [0, 0.1) is 0 Å². The zero-order valence-electron chi connectivity index (χ0n) is 14.0. The molecule has 0 aromatic heterocycles. The molecule has 0 heterocycles. The number of ether oxygens (including phenoxy) is 2. The van der Waals surface area contributed by atoms with E-state index in [1.165, 1.54) is 5.56 Å². The van der Waals surface area contributed by atoms with Gasteiger partial charge in [-0.3, -0.25) is 0 Å². The lowest BCUT2D eigenvalue weighted by atomic mass is 10.1. The van der Waals surface area contributed by atoms with Crippen LogP contribution in [0.5, 0.6) is 11.5 Å². The maximum absolute atomic E-state index is 5.99. The van der Waals surface area contributed by atoms with Gasteiger partial charge in [-0.2, -0.15) is 0 Å². The highest BCUT2D eigenvalue weighted by molar-refractivity contribution is 9.10. The largest absolute Gasteiger partial charge is 0.490 e. The molecule has 120 valence electrons. The number of rotatable bonds is 7. The smallest absolute Gasteiger partial charge is 0.175 e. The highest BCUT2D eigenvalue weighted by atomic mass is 79.9. The van der Waals surface area contributed by atoms with Gasteiger partial charge in [0.1, 0.15) is 0 Å². The van der Waals surface area contributed by atoms with Gasteiger partial charge in [0.05, 0.1) is 17.2 Å². The topological polar surface area (TPSA) is 30.5 Å². The fourth-order valence-corrected chi connectivity index (χ4v) is 2.34. The number of hydrogen-bond donors (Lipinski definition) is 1. The SMILES string of the molecule is CCOc1cc(CNC(C)(C)C)cc(Br)c1OC(C)CC. The molecule has 1 atom stereocenters. The summed E-state index contributed by atoms with van der Waals surface area (Å²) in [5.74, 6) is 1.60. The lowest BCUT2D eigenvalue weighted by Gasteiger charge is -2.22. The Bertz CT molecular complexity index is 455. The predicted octanol–water partition coefficient (Wildman–Crippen LogP) is 4.91. The molecule has 0 aliphatic rings. The van der Waals surface area contributed by atoms with Gasteiger partial charge in [0.25, 0.3) is 0 Å². The van der Waals surface area contributed by atoms with E-state index in [9.17, 15) is 0 Å². The molecule has 0 bridgehead atoms. The molecule has 4 heteroatoms. The molecule has 0 radical (unpaired) electrons. The van der Waals surface area contributed by atoms with Crippen LogP contribution >= 0.6 is 15.9 Å². The summed E-state index contributed by atoms with van der Waals surface area (Å²) in [5.41, 5.74) is 1.26. The van der Waals surface area contributed by atoms with Gasteiger partial charge >= 0.3 is 0 Å². The van der Waals surface area contributed by atoms with Crippen molar-refractivity contribution >= 4 is 15.9 Å². The summed E-state index contributed by atoms with van der Waals surface area (Å²) in [6.07, 6.45) is 1.13. The van der Waals surface area contributed by atoms with Crippen molar-refractivity contribution in [3.8, 4) is 11.5 Å². The van der Waals surface area contributed by atoms with Gasteiger partial charge in [-0.05, 0) is 74.7 Å². The summed E-state index contributed by atoms with van der Waals surface area (Å²) in [5, 5.41) is 3.49. The van der Waals surface area contributed by atoms with E-state index in [1.54, 1.807) is 0 Å². The van der Waals surface area contributed by atoms with Crippen LogP contribution in [-0.4, -0.2) is 18.2 Å². The maximum atomic E-state index is 5.99. The maximum Gasteiger partial charge on any atom is 0.175 e. The van der Waals surface area contributed by atoms with Gasteiger partial charge < -0.3 is 14.8 Å². The fourth-order valence-electron chi connectivity index (χ4n) is 1.75. The van der Waals surface area contributed by atoms with E-state index in [4.69, 9.17) is 9.47 Å². The van der Waals surface area contributed by atoms with Crippen LogP contribution < -0.4 is 14.8 Å². The van der Waals surface area contributed by atoms with Crippen LogP contribution in [-0.2, 0) is 6.54 Å². The summed E-state index contributed by atoms with van der Waals surface area (Å²) in [4.78, 5) is 0. The first kappa shape index (κ1) is 18.3. The van der Waals surface area contributed by atoms with E-state index in [0.29, 0.717) is 6.61 Å². The van der Waals surface area contributed by atoms with Crippen molar-refractivity contribution in [2.45, 2.75) is 66.2 Å². The first-order valence-corrected chi connectivity index (χ1v) is 8.43. The van der Waals surface area contributed by atoms with Crippen LogP contribution in [0.25, 0.3) is 0 Å². The van der Waals surface area contributed by atoms with Crippen molar-refractivity contribution in [2.24, 2.45) is 0 Å². The van der Waals surface area contributed by atoms with E-state index >= 15 is 0 Å². The Labute approximate surface area is 137 Å². The van der Waals surface area contributed by atoms with Crippen molar-refractivity contribution in [3.05, 3.63) is 22.2 Å². The van der Waals surface area contributed by atoms with Crippen molar-refractivity contribution in [2.75, 3.05) is 6.61 Å². The molecular formula is C17H28BrNO2. The van der Waals surface area contributed by atoms with Crippen LogP contribution in [0.1, 0.15) is 53.5 Å². The normalized spacial score (nSPS) is 13.1. The minimum Gasteiger partial charge on any atom is -0.490 e. The minimum absolute atomic E-state index is 0.0874. The molecule has 1 aromatic rings. The average Bonchev–Trinajstić information content (AvgIpc) is 2.39. The van der Waals surface area contributed by atoms with E-state index in [-0.39, 0.29) is 11.6 Å². The lowest BCUT2D eigenvalue weighted by Crippen LogP contribution is -2.35. The summed E-state index contributed by atoms with van der Waals surface area (Å²) in [7, 11) is 0. The molecule has 0 amide bonds. The molecule has 0 spiro atoms. The van der Waals surface area contributed by atoms with Gasteiger partial charge in [-0.25, -0.2) is 0 Å². The van der Waals surface area contributed by atoms with Crippen molar-refractivity contribution < 1.29 is 9.47 Å². The fraction of sp³-hybridized carbons (Fsp3) is 0.647. The molecule has 3 nitrogen and oxygen atoms in total. The standard InChI is InChI=1S/C17H28BrNO2/c1-7-12(3)21-16-14(18)9-13(10-15(16)20-8-2)11-19-17(4,5)6/h9-10,12,19H,7-8,11H2,1-6H3. The minimum atomic E-state index is 0.0874. The third-order valence-corrected chi connectivity index (χ3v) is 3.67. The van der Waals surface area contributed by atoms with Crippen LogP contribution in [0.15, 0.2) is 16.6 Å². The quantitative estimate of drug-likeness (QED) is 0.751. The highest BCUT2D eigenvalue weighted by Gasteiger charge is 2.16. The second kappa shape index (κ2) is 8.04. The number of hydrogen-bond acceptors (Lipinski definition) is 3. The molecule has 1 N–H and O–H groups in total. The summed E-state index contributed by atoms with van der Waals surface area (Å²) >= 11 is 3.61. The van der Waals surface area contributed by atoms with Crippen LogP contribution in [0.2, 0.25) is 0 Å². The van der Waals surface area contributed by atoms with E-state index in [0.717, 1.165) is 28.9 Å². The van der Waals surface area contributed by atoms with Crippen LogP contribution in [0.4, 0.5) is 0 Å². The number of nitrogens with one attached hydrogen (secondary N) is 1. The molecule has 0 fully saturated rings. The zero-order chi connectivity index (χ0) is 16.0. The second-order valence-electron chi connectivity index (χ2n) is 6.28. The molecule has 21 heavy (non-hydrogen) atoms. The Morgan fingerprint density at radius 1 is 1.24 bits per heavy atom. The number of halogens is 1. The second-order valence-corrected chi connectivity index (χ2v) is 7.13. The van der Waals surface area contributed by atoms with Crippen LogP contribution in [0.3, 0.4) is 0 Å². The van der Waals surface area contributed by atoms with Crippen molar-refractivity contribution in [1.82, 2.24) is 5.32 Å². The van der Waals surface area contributed by atoms with Gasteiger partial charge in [0.15, 0.2) is 11.5 Å². The van der Waals surface area contributed by atoms with Gasteiger partial charge in [-0.15, -0.1) is 0 Å². The molecule has 0 aliphatic carbocycles. The van der Waals surface area contributed by atoms with E-state index in [2.05, 4.69) is 68.0 Å². The number of benzene rings is 1. The Morgan fingerprint density at radius 2 is 1.90 bits per heavy atom. The molecule has 1 aromatic carbocycles.